The number of nitrogens with one attached hydrogen (secondary N) is 1. The Balaban J connectivity index is 0.00000280. The van der Waals surface area contributed by atoms with Gasteiger partial charge in [-0.1, -0.05) is 23.2 Å². The van der Waals surface area contributed by atoms with Crippen LogP contribution in [0.25, 0.3) is 0 Å². The van der Waals surface area contributed by atoms with Crippen molar-refractivity contribution in [3.8, 4) is 5.75 Å². The minimum atomic E-state index is 0. The molecule has 0 aromatic heterocycles. The maximum absolute atomic E-state index is 6.03. The minimum absolute atomic E-state index is 0. The summed E-state index contributed by atoms with van der Waals surface area (Å²) in [7, 11) is 4.07. The van der Waals surface area contributed by atoms with Gasteiger partial charge in [0.25, 0.3) is 0 Å². The minimum Gasteiger partial charge on any atom is -0.493 e. The molecule has 2 saturated heterocycles. The Labute approximate surface area is 195 Å². The van der Waals surface area contributed by atoms with Gasteiger partial charge in [0.15, 0.2) is 5.96 Å². The van der Waals surface area contributed by atoms with E-state index in [9.17, 15) is 0 Å². The molecule has 2 heterocycles. The number of hydrogen-bond acceptors (Lipinski definition) is 3. The van der Waals surface area contributed by atoms with Crippen LogP contribution in [0.15, 0.2) is 23.2 Å². The van der Waals surface area contributed by atoms with E-state index < -0.39 is 0 Å². The van der Waals surface area contributed by atoms with Crippen molar-refractivity contribution in [3.63, 3.8) is 0 Å². The molecular weight excluding hydrogens is 510 g/mol. The molecule has 1 N–H and O–H groups in total. The van der Waals surface area contributed by atoms with Gasteiger partial charge in [0.2, 0.25) is 0 Å². The summed E-state index contributed by atoms with van der Waals surface area (Å²) in [6.07, 6.45) is 3.47. The van der Waals surface area contributed by atoms with Crippen LogP contribution in [-0.4, -0.2) is 69.2 Å². The van der Waals surface area contributed by atoms with Crippen LogP contribution in [0.4, 0.5) is 0 Å². The average molecular weight is 541 g/mol. The van der Waals surface area contributed by atoms with Gasteiger partial charge < -0.3 is 19.9 Å². The fraction of sp³-hybridized carbons (Fsp3) is 0.650. The number of rotatable bonds is 5. The Morgan fingerprint density at radius 1 is 1.11 bits per heavy atom. The predicted molar refractivity (Wildman–Crippen MR) is 129 cm³/mol. The molecule has 1 aromatic carbocycles. The number of likely N-dealkylation sites (tertiary alicyclic amines) is 2. The van der Waals surface area contributed by atoms with Crippen molar-refractivity contribution in [2.24, 2.45) is 16.8 Å². The SMILES string of the molecule is CN=C(NCC1CCN(C)C1)N1CCC(COc2cc(Cl)cc(Cl)c2)CC1.I. The molecule has 0 radical (unpaired) electrons. The maximum Gasteiger partial charge on any atom is 0.193 e. The fourth-order valence-electron chi connectivity index (χ4n) is 3.90. The van der Waals surface area contributed by atoms with Gasteiger partial charge in [-0.15, -0.1) is 24.0 Å². The van der Waals surface area contributed by atoms with Crippen molar-refractivity contribution < 1.29 is 4.74 Å². The van der Waals surface area contributed by atoms with Crippen molar-refractivity contribution in [1.82, 2.24) is 15.1 Å². The second-order valence-electron chi connectivity index (χ2n) is 7.69. The van der Waals surface area contributed by atoms with Gasteiger partial charge in [0, 0.05) is 43.3 Å². The van der Waals surface area contributed by atoms with Crippen LogP contribution in [-0.2, 0) is 0 Å². The standard InChI is InChI=1S/C20H30Cl2N4O.HI/c1-23-20(24-12-16-3-6-25(2)13-16)26-7-4-15(5-8-26)14-27-19-10-17(21)9-18(22)11-19;/h9-11,15-16H,3-8,12-14H2,1-2H3,(H,23,24);1H. The van der Waals surface area contributed by atoms with E-state index in [1.807, 2.05) is 19.2 Å². The molecule has 8 heteroatoms. The second kappa shape index (κ2) is 11.7. The first kappa shape index (κ1) is 23.8. The van der Waals surface area contributed by atoms with Crippen molar-refractivity contribution in [2.75, 3.05) is 53.4 Å². The Hall–Kier alpha value is -0.440. The second-order valence-corrected chi connectivity index (χ2v) is 8.56. The Morgan fingerprint density at radius 3 is 2.32 bits per heavy atom. The van der Waals surface area contributed by atoms with Crippen molar-refractivity contribution in [1.29, 1.82) is 0 Å². The molecular formula is C20H31Cl2IN4O. The van der Waals surface area contributed by atoms with Gasteiger partial charge in [-0.25, -0.2) is 0 Å². The molecule has 1 aromatic rings. The van der Waals surface area contributed by atoms with Crippen LogP contribution >= 0.6 is 47.2 Å². The summed E-state index contributed by atoms with van der Waals surface area (Å²) >= 11 is 12.1. The Morgan fingerprint density at radius 2 is 1.75 bits per heavy atom. The molecule has 1 atom stereocenters. The lowest BCUT2D eigenvalue weighted by atomic mass is 9.98. The number of nitrogens with zero attached hydrogens (tertiary/aromatic N) is 3. The average Bonchev–Trinajstić information content (AvgIpc) is 3.06. The van der Waals surface area contributed by atoms with E-state index in [0.29, 0.717) is 22.6 Å². The molecule has 1 unspecified atom stereocenters. The summed E-state index contributed by atoms with van der Waals surface area (Å²) in [6, 6.07) is 5.35. The highest BCUT2D eigenvalue weighted by Gasteiger charge is 2.24. The quantitative estimate of drug-likeness (QED) is 0.345. The molecule has 28 heavy (non-hydrogen) atoms. The Bertz CT molecular complexity index is 633. The molecule has 3 rings (SSSR count). The van der Waals surface area contributed by atoms with E-state index in [0.717, 1.165) is 50.1 Å². The zero-order chi connectivity index (χ0) is 19.2. The summed E-state index contributed by atoms with van der Waals surface area (Å²) in [4.78, 5) is 9.25. The maximum atomic E-state index is 6.03. The smallest absolute Gasteiger partial charge is 0.193 e. The third kappa shape index (κ3) is 7.11. The van der Waals surface area contributed by atoms with E-state index in [1.54, 1.807) is 6.07 Å². The topological polar surface area (TPSA) is 40.1 Å². The number of hydrogen-bond donors (Lipinski definition) is 1. The molecule has 0 spiro atoms. The summed E-state index contributed by atoms with van der Waals surface area (Å²) in [5.41, 5.74) is 0. The van der Waals surface area contributed by atoms with Gasteiger partial charge in [-0.3, -0.25) is 4.99 Å². The van der Waals surface area contributed by atoms with Gasteiger partial charge in [-0.05, 0) is 62.9 Å². The monoisotopic (exact) mass is 540 g/mol. The molecule has 0 aliphatic carbocycles. The lowest BCUT2D eigenvalue weighted by Crippen LogP contribution is -2.47. The third-order valence-corrected chi connectivity index (χ3v) is 5.92. The highest BCUT2D eigenvalue weighted by atomic mass is 127. The number of benzene rings is 1. The number of piperidine rings is 1. The van der Waals surface area contributed by atoms with Crippen LogP contribution in [0, 0.1) is 11.8 Å². The first-order valence-corrected chi connectivity index (χ1v) is 10.5. The number of halogens is 3. The predicted octanol–water partition coefficient (Wildman–Crippen LogP) is 4.23. The Kier molecular flexibility index (Phi) is 9.93. The third-order valence-electron chi connectivity index (χ3n) is 5.49. The zero-order valence-electron chi connectivity index (χ0n) is 16.7. The molecule has 0 amide bonds. The fourth-order valence-corrected chi connectivity index (χ4v) is 4.40. The van der Waals surface area contributed by atoms with Crippen molar-refractivity contribution >= 4 is 53.1 Å². The van der Waals surface area contributed by atoms with Crippen LogP contribution in [0.5, 0.6) is 5.75 Å². The highest BCUT2D eigenvalue weighted by Crippen LogP contribution is 2.26. The summed E-state index contributed by atoms with van der Waals surface area (Å²) in [5, 5.41) is 4.79. The summed E-state index contributed by atoms with van der Waals surface area (Å²) in [5.74, 6) is 3.04. The van der Waals surface area contributed by atoms with Crippen LogP contribution < -0.4 is 10.1 Å². The molecule has 5 nitrogen and oxygen atoms in total. The largest absolute Gasteiger partial charge is 0.493 e. The van der Waals surface area contributed by atoms with Crippen LogP contribution in [0.2, 0.25) is 10.0 Å². The molecule has 2 aliphatic heterocycles. The number of guanidine groups is 1. The highest BCUT2D eigenvalue weighted by molar-refractivity contribution is 14.0. The van der Waals surface area contributed by atoms with E-state index in [1.165, 1.54) is 19.5 Å². The molecule has 0 bridgehead atoms. The van der Waals surface area contributed by atoms with Gasteiger partial charge in [0.05, 0.1) is 6.61 Å². The zero-order valence-corrected chi connectivity index (χ0v) is 20.5. The first-order chi connectivity index (χ1) is 13.0. The van der Waals surface area contributed by atoms with Crippen LogP contribution in [0.3, 0.4) is 0 Å². The summed E-state index contributed by atoms with van der Waals surface area (Å²) in [6.45, 7) is 6.11. The number of ether oxygens (including phenoxy) is 1. The van der Waals surface area contributed by atoms with E-state index in [4.69, 9.17) is 27.9 Å². The lowest BCUT2D eigenvalue weighted by molar-refractivity contribution is 0.179. The van der Waals surface area contributed by atoms with Crippen molar-refractivity contribution in [3.05, 3.63) is 28.2 Å². The normalized spacial score (nSPS) is 21.5. The van der Waals surface area contributed by atoms with Gasteiger partial charge >= 0.3 is 0 Å². The van der Waals surface area contributed by atoms with Gasteiger partial charge in [0.1, 0.15) is 5.75 Å². The molecule has 0 saturated carbocycles. The summed E-state index contributed by atoms with van der Waals surface area (Å²) < 4.78 is 5.92. The van der Waals surface area contributed by atoms with Crippen LogP contribution in [0.1, 0.15) is 19.3 Å². The first-order valence-electron chi connectivity index (χ1n) is 9.76. The molecule has 2 fully saturated rings. The lowest BCUT2D eigenvalue weighted by Gasteiger charge is -2.34. The van der Waals surface area contributed by atoms with E-state index >= 15 is 0 Å². The number of aliphatic imine (C=N–C) groups is 1. The van der Waals surface area contributed by atoms with E-state index in [-0.39, 0.29) is 24.0 Å². The van der Waals surface area contributed by atoms with Gasteiger partial charge in [-0.2, -0.15) is 0 Å². The van der Waals surface area contributed by atoms with Crippen molar-refractivity contribution in [2.45, 2.75) is 19.3 Å². The van der Waals surface area contributed by atoms with E-state index in [2.05, 4.69) is 27.2 Å². The molecule has 2 aliphatic rings. The molecule has 158 valence electrons.